The minimum Gasteiger partial charge on any atom is -0.352 e. The number of hydrogen-bond donors (Lipinski definition) is 2. The van der Waals surface area contributed by atoms with E-state index in [2.05, 4.69) is 15.0 Å². The summed E-state index contributed by atoms with van der Waals surface area (Å²) in [6, 6.07) is 5.49. The highest BCUT2D eigenvalue weighted by molar-refractivity contribution is 7.90. The van der Waals surface area contributed by atoms with Gasteiger partial charge in [-0.15, -0.1) is 0 Å². The maximum atomic E-state index is 14.6. The molecule has 1 atom stereocenters. The third-order valence-corrected chi connectivity index (χ3v) is 7.25. The lowest BCUT2D eigenvalue weighted by Crippen LogP contribution is -2.34. The summed E-state index contributed by atoms with van der Waals surface area (Å²) in [5, 5.41) is 3.02. The van der Waals surface area contributed by atoms with Crippen LogP contribution in [0, 0.1) is 12.7 Å². The lowest BCUT2D eigenvalue weighted by atomic mass is 10.1. The Bertz CT molecular complexity index is 1380. The molecule has 2 N–H and O–H groups in total. The molecule has 1 saturated heterocycles. The fourth-order valence-electron chi connectivity index (χ4n) is 3.58. The Labute approximate surface area is 188 Å². The van der Waals surface area contributed by atoms with Crippen molar-refractivity contribution in [1.29, 1.82) is 0 Å². The Morgan fingerprint density at radius 1 is 1.22 bits per heavy atom. The van der Waals surface area contributed by atoms with Crippen molar-refractivity contribution in [3.63, 3.8) is 0 Å². The highest BCUT2D eigenvalue weighted by atomic mass is 35.5. The van der Waals surface area contributed by atoms with Gasteiger partial charge in [-0.25, -0.2) is 13.8 Å². The number of alkyl halides is 1. The average Bonchev–Trinajstić information content (AvgIpc) is 3.19. The molecule has 1 fully saturated rings. The van der Waals surface area contributed by atoms with Gasteiger partial charge in [-0.05, 0) is 43.2 Å². The molecule has 0 bridgehead atoms. The van der Waals surface area contributed by atoms with E-state index in [1.165, 1.54) is 17.0 Å². The fourth-order valence-corrected chi connectivity index (χ4v) is 5.16. The first-order valence-electron chi connectivity index (χ1n) is 9.70. The molecule has 0 saturated carbocycles. The van der Waals surface area contributed by atoms with E-state index in [1.807, 2.05) is 0 Å². The average molecular weight is 484 g/mol. The van der Waals surface area contributed by atoms with E-state index in [9.17, 15) is 22.0 Å². The van der Waals surface area contributed by atoms with Crippen LogP contribution in [0.3, 0.4) is 0 Å². The largest absolute Gasteiger partial charge is 0.352 e. The highest BCUT2D eigenvalue weighted by Crippen LogP contribution is 2.37. The second-order valence-electron chi connectivity index (χ2n) is 7.55. The van der Waals surface area contributed by atoms with Crippen LogP contribution in [0.4, 0.5) is 25.8 Å². The molecule has 170 valence electrons. The Morgan fingerprint density at radius 2 is 1.94 bits per heavy atom. The van der Waals surface area contributed by atoms with Gasteiger partial charge in [0.2, 0.25) is 0 Å². The van der Waals surface area contributed by atoms with Gasteiger partial charge in [-0.1, -0.05) is 11.6 Å². The summed E-state index contributed by atoms with van der Waals surface area (Å²) in [7, 11) is -2.49. The van der Waals surface area contributed by atoms with E-state index in [4.69, 9.17) is 11.6 Å². The number of aromatic nitrogens is 2. The SMILES string of the molecule is Cc1c(Nc2c(F)ccc(NS(=O)(=O)N3CC[C@@H](F)C3)c2Cl)ccc2ncn(C)c(=O)c12. The Morgan fingerprint density at radius 3 is 2.62 bits per heavy atom. The molecule has 2 aromatic carbocycles. The van der Waals surface area contributed by atoms with Gasteiger partial charge < -0.3 is 9.88 Å². The molecule has 0 radical (unpaired) electrons. The monoisotopic (exact) mass is 483 g/mol. The van der Waals surface area contributed by atoms with Crippen LogP contribution >= 0.6 is 11.6 Å². The first-order chi connectivity index (χ1) is 15.1. The minimum absolute atomic E-state index is 0.0414. The van der Waals surface area contributed by atoms with Crippen LogP contribution in [0.25, 0.3) is 10.9 Å². The molecule has 0 aliphatic carbocycles. The molecular weight excluding hydrogens is 464 g/mol. The number of hydrogen-bond acceptors (Lipinski definition) is 5. The second kappa shape index (κ2) is 8.30. The maximum Gasteiger partial charge on any atom is 0.301 e. The van der Waals surface area contributed by atoms with Gasteiger partial charge in [0.25, 0.3) is 5.56 Å². The van der Waals surface area contributed by atoms with Crippen molar-refractivity contribution in [2.75, 3.05) is 23.1 Å². The third-order valence-electron chi connectivity index (χ3n) is 5.37. The van der Waals surface area contributed by atoms with Crippen molar-refractivity contribution in [3.05, 3.63) is 57.3 Å². The van der Waals surface area contributed by atoms with E-state index in [-0.39, 0.29) is 41.5 Å². The summed E-state index contributed by atoms with van der Waals surface area (Å²) in [5.74, 6) is -0.721. The lowest BCUT2D eigenvalue weighted by Gasteiger charge is -2.19. The van der Waals surface area contributed by atoms with Gasteiger partial charge in [0.15, 0.2) is 0 Å². The standard InChI is InChI=1S/C20H20ClF2N5O3S/c1-11-14(5-6-15-17(11)20(29)27(2)10-24-15)25-19-13(23)3-4-16(18(19)21)26-32(30,31)28-8-7-12(22)9-28/h3-6,10,12,25-26H,7-9H2,1-2H3/t12-/m1/s1. The van der Waals surface area contributed by atoms with Crippen molar-refractivity contribution in [2.24, 2.45) is 7.05 Å². The number of aryl methyl sites for hydroxylation is 2. The summed E-state index contributed by atoms with van der Waals surface area (Å²) >= 11 is 6.33. The Hall–Kier alpha value is -2.76. The predicted molar refractivity (Wildman–Crippen MR) is 120 cm³/mol. The van der Waals surface area contributed by atoms with Crippen molar-refractivity contribution < 1.29 is 17.2 Å². The summed E-state index contributed by atoms with van der Waals surface area (Å²) < 4.78 is 57.8. The summed E-state index contributed by atoms with van der Waals surface area (Å²) in [5.41, 5.74) is 0.933. The topological polar surface area (TPSA) is 96.3 Å². The summed E-state index contributed by atoms with van der Waals surface area (Å²) in [6.45, 7) is 1.48. The lowest BCUT2D eigenvalue weighted by molar-refractivity contribution is 0.343. The number of halogens is 3. The molecule has 0 amide bonds. The zero-order chi connectivity index (χ0) is 23.2. The first kappa shape index (κ1) is 22.4. The van der Waals surface area contributed by atoms with E-state index >= 15 is 0 Å². The Kier molecular flexibility index (Phi) is 5.82. The first-order valence-corrected chi connectivity index (χ1v) is 11.5. The van der Waals surface area contributed by atoms with Gasteiger partial charge in [-0.2, -0.15) is 12.7 Å². The fraction of sp³-hybridized carbons (Fsp3) is 0.300. The second-order valence-corrected chi connectivity index (χ2v) is 9.60. The van der Waals surface area contributed by atoms with E-state index in [0.717, 1.165) is 10.4 Å². The molecule has 4 rings (SSSR count). The molecule has 0 unspecified atom stereocenters. The molecule has 1 aliphatic heterocycles. The smallest absolute Gasteiger partial charge is 0.301 e. The van der Waals surface area contributed by atoms with Gasteiger partial charge >= 0.3 is 10.2 Å². The summed E-state index contributed by atoms with van der Waals surface area (Å²) in [6.07, 6.45) is 0.292. The summed E-state index contributed by atoms with van der Waals surface area (Å²) in [4.78, 5) is 16.7. The van der Waals surface area contributed by atoms with Crippen LogP contribution in [0.5, 0.6) is 0 Å². The molecule has 1 aromatic heterocycles. The van der Waals surface area contributed by atoms with Gasteiger partial charge in [0.05, 0.1) is 33.6 Å². The normalized spacial score (nSPS) is 17.1. The van der Waals surface area contributed by atoms with Crippen molar-refractivity contribution in [3.8, 4) is 0 Å². The highest BCUT2D eigenvalue weighted by Gasteiger charge is 2.32. The van der Waals surface area contributed by atoms with Crippen LogP contribution in [0.2, 0.25) is 5.02 Å². The molecule has 12 heteroatoms. The minimum atomic E-state index is -4.06. The number of anilines is 3. The number of nitrogens with one attached hydrogen (secondary N) is 2. The number of rotatable bonds is 5. The zero-order valence-corrected chi connectivity index (χ0v) is 18.8. The molecule has 32 heavy (non-hydrogen) atoms. The van der Waals surface area contributed by atoms with Crippen molar-refractivity contribution in [1.82, 2.24) is 13.9 Å². The van der Waals surface area contributed by atoms with E-state index < -0.39 is 22.2 Å². The third kappa shape index (κ3) is 4.03. The van der Waals surface area contributed by atoms with Crippen LogP contribution in [-0.4, -0.2) is 41.5 Å². The van der Waals surface area contributed by atoms with Gasteiger partial charge in [-0.3, -0.25) is 9.52 Å². The number of fused-ring (bicyclic) bond motifs is 1. The van der Waals surface area contributed by atoms with Crippen LogP contribution in [0.1, 0.15) is 12.0 Å². The van der Waals surface area contributed by atoms with Crippen LogP contribution < -0.4 is 15.6 Å². The maximum absolute atomic E-state index is 14.6. The predicted octanol–water partition coefficient (Wildman–Crippen LogP) is 3.48. The van der Waals surface area contributed by atoms with E-state index in [1.54, 1.807) is 26.1 Å². The van der Waals surface area contributed by atoms with Gasteiger partial charge in [0, 0.05) is 25.8 Å². The molecular formula is C20H20ClF2N5O3S. The van der Waals surface area contributed by atoms with Gasteiger partial charge in [0.1, 0.15) is 12.0 Å². The molecule has 8 nitrogen and oxygen atoms in total. The molecule has 0 spiro atoms. The number of benzene rings is 2. The number of nitrogens with zero attached hydrogens (tertiary/aromatic N) is 3. The molecule has 3 aromatic rings. The zero-order valence-electron chi connectivity index (χ0n) is 17.2. The molecule has 2 heterocycles. The quantitative estimate of drug-likeness (QED) is 0.579. The Balaban J connectivity index is 1.70. The van der Waals surface area contributed by atoms with Crippen molar-refractivity contribution >= 4 is 49.8 Å². The van der Waals surface area contributed by atoms with Crippen LogP contribution in [0.15, 0.2) is 35.4 Å². The molecule has 1 aliphatic rings. The van der Waals surface area contributed by atoms with Crippen LogP contribution in [-0.2, 0) is 17.3 Å². The van der Waals surface area contributed by atoms with E-state index in [0.29, 0.717) is 22.2 Å². The van der Waals surface area contributed by atoms with Crippen molar-refractivity contribution in [2.45, 2.75) is 19.5 Å².